The first-order valence-corrected chi connectivity index (χ1v) is 9.61. The van der Waals surface area contributed by atoms with Gasteiger partial charge in [0.05, 0.1) is 32.3 Å². The van der Waals surface area contributed by atoms with Crippen LogP contribution in [0.15, 0.2) is 40.9 Å². The van der Waals surface area contributed by atoms with Crippen molar-refractivity contribution in [2.24, 2.45) is 0 Å². The molecular weight excluding hydrogens is 410 g/mol. The molecule has 8 nitrogen and oxygen atoms in total. The van der Waals surface area contributed by atoms with E-state index in [1.165, 1.54) is 0 Å². The fourth-order valence-electron chi connectivity index (χ4n) is 3.40. The van der Waals surface area contributed by atoms with Crippen molar-refractivity contribution >= 4 is 23.2 Å². The van der Waals surface area contributed by atoms with Gasteiger partial charge in [-0.1, -0.05) is 16.8 Å². The summed E-state index contributed by atoms with van der Waals surface area (Å²) in [6.45, 7) is 0.421. The minimum Gasteiger partial charge on any atom is -0.497 e. The number of benzene rings is 2. The highest BCUT2D eigenvalue weighted by molar-refractivity contribution is 6.32. The van der Waals surface area contributed by atoms with Gasteiger partial charge in [-0.3, -0.25) is 4.79 Å². The highest BCUT2D eigenvalue weighted by Gasteiger charge is 2.35. The van der Waals surface area contributed by atoms with E-state index in [0.717, 1.165) is 0 Å². The molecule has 9 heteroatoms. The molecule has 0 N–H and O–H groups in total. The molecule has 0 spiro atoms. The summed E-state index contributed by atoms with van der Waals surface area (Å²) in [7, 11) is 4.69. The van der Waals surface area contributed by atoms with Crippen LogP contribution in [0.5, 0.6) is 17.2 Å². The van der Waals surface area contributed by atoms with E-state index in [9.17, 15) is 4.79 Å². The summed E-state index contributed by atoms with van der Waals surface area (Å²) in [4.78, 5) is 18.8. The average molecular weight is 430 g/mol. The minimum atomic E-state index is -0.216. The maximum Gasteiger partial charge on any atom is 0.232 e. The summed E-state index contributed by atoms with van der Waals surface area (Å²) in [5.41, 5.74) is 1.40. The Bertz CT molecular complexity index is 1060. The first-order chi connectivity index (χ1) is 14.5. The third-order valence-electron chi connectivity index (χ3n) is 4.97. The number of hydrogen-bond donors (Lipinski definition) is 0. The fraction of sp³-hybridized carbons (Fsp3) is 0.286. The van der Waals surface area contributed by atoms with Crippen LogP contribution < -0.4 is 19.1 Å². The molecule has 2 heterocycles. The quantitative estimate of drug-likeness (QED) is 0.586. The number of aromatic nitrogens is 2. The predicted octanol–water partition coefficient (Wildman–Crippen LogP) is 3.94. The lowest BCUT2D eigenvalue weighted by molar-refractivity contribution is -0.117. The lowest BCUT2D eigenvalue weighted by atomic mass is 10.1. The number of hydrogen-bond acceptors (Lipinski definition) is 7. The van der Waals surface area contributed by atoms with Gasteiger partial charge in [0.25, 0.3) is 0 Å². The fourth-order valence-corrected chi connectivity index (χ4v) is 3.65. The highest BCUT2D eigenvalue weighted by atomic mass is 35.5. The maximum absolute atomic E-state index is 12.6. The van der Waals surface area contributed by atoms with Gasteiger partial charge in [0.15, 0.2) is 0 Å². The van der Waals surface area contributed by atoms with Crippen LogP contribution in [0.2, 0.25) is 5.02 Å². The molecule has 1 amide bonds. The van der Waals surface area contributed by atoms with E-state index in [-0.39, 0.29) is 18.2 Å². The first-order valence-electron chi connectivity index (χ1n) is 9.23. The van der Waals surface area contributed by atoms with Crippen molar-refractivity contribution < 1.29 is 23.5 Å². The summed E-state index contributed by atoms with van der Waals surface area (Å²) < 4.78 is 21.2. The SMILES string of the molecule is COc1cc(OC)cc(-c2noc(C3CC(=O)N(c4ccc(OC)c(Cl)c4)C3)n2)c1. The molecule has 1 aliphatic heterocycles. The Morgan fingerprint density at radius 1 is 1.07 bits per heavy atom. The Morgan fingerprint density at radius 3 is 2.43 bits per heavy atom. The highest BCUT2D eigenvalue weighted by Crippen LogP contribution is 2.36. The number of carbonyl (C=O) groups excluding carboxylic acids is 1. The van der Waals surface area contributed by atoms with Crippen LogP contribution in [-0.2, 0) is 4.79 Å². The van der Waals surface area contributed by atoms with Crippen molar-refractivity contribution in [2.75, 3.05) is 32.8 Å². The number of rotatable bonds is 6. The van der Waals surface area contributed by atoms with Crippen molar-refractivity contribution in [3.05, 3.63) is 47.3 Å². The summed E-state index contributed by atoms with van der Waals surface area (Å²) in [6.07, 6.45) is 0.271. The monoisotopic (exact) mass is 429 g/mol. The molecule has 1 saturated heterocycles. The topological polar surface area (TPSA) is 86.9 Å². The Morgan fingerprint density at radius 2 is 1.80 bits per heavy atom. The lowest BCUT2D eigenvalue weighted by Gasteiger charge is -2.17. The standard InChI is InChI=1S/C21H20ClN3O5/c1-27-15-6-12(7-16(10-15)28-2)20-23-21(30-24-20)13-8-19(26)25(11-13)14-4-5-18(29-3)17(22)9-14/h4-7,9-10,13H,8,11H2,1-3H3. The van der Waals surface area contributed by atoms with Gasteiger partial charge >= 0.3 is 0 Å². The molecule has 2 aromatic carbocycles. The van der Waals surface area contributed by atoms with Gasteiger partial charge in [0.2, 0.25) is 17.6 Å². The van der Waals surface area contributed by atoms with Crippen LogP contribution in [0, 0.1) is 0 Å². The van der Waals surface area contributed by atoms with E-state index in [1.54, 1.807) is 62.6 Å². The molecule has 1 aliphatic rings. The van der Waals surface area contributed by atoms with Crippen molar-refractivity contribution in [1.29, 1.82) is 0 Å². The van der Waals surface area contributed by atoms with Gasteiger partial charge < -0.3 is 23.6 Å². The Kier molecular flexibility index (Phi) is 5.50. The van der Waals surface area contributed by atoms with E-state index in [0.29, 0.717) is 51.8 Å². The van der Waals surface area contributed by atoms with Crippen LogP contribution in [0.1, 0.15) is 18.2 Å². The molecule has 156 valence electrons. The van der Waals surface area contributed by atoms with Gasteiger partial charge in [0, 0.05) is 30.3 Å². The van der Waals surface area contributed by atoms with E-state index >= 15 is 0 Å². The largest absolute Gasteiger partial charge is 0.497 e. The molecule has 1 aromatic heterocycles. The number of halogens is 1. The molecule has 30 heavy (non-hydrogen) atoms. The van der Waals surface area contributed by atoms with Crippen LogP contribution in [-0.4, -0.2) is 43.9 Å². The minimum absolute atomic E-state index is 0.0379. The van der Waals surface area contributed by atoms with E-state index in [1.807, 2.05) is 0 Å². The van der Waals surface area contributed by atoms with Gasteiger partial charge in [-0.25, -0.2) is 0 Å². The molecule has 4 rings (SSSR count). The molecule has 1 unspecified atom stereocenters. The summed E-state index contributed by atoms with van der Waals surface area (Å²) in [5, 5.41) is 4.52. The van der Waals surface area contributed by atoms with Crippen LogP contribution in [0.4, 0.5) is 5.69 Å². The number of amides is 1. The zero-order valence-electron chi connectivity index (χ0n) is 16.7. The third-order valence-corrected chi connectivity index (χ3v) is 5.27. The Hall–Kier alpha value is -3.26. The van der Waals surface area contributed by atoms with Crippen molar-refractivity contribution in [3.63, 3.8) is 0 Å². The summed E-state index contributed by atoms with van der Waals surface area (Å²) in [6, 6.07) is 10.6. The molecule has 0 saturated carbocycles. The lowest BCUT2D eigenvalue weighted by Crippen LogP contribution is -2.24. The number of anilines is 1. The van der Waals surface area contributed by atoms with Crippen LogP contribution >= 0.6 is 11.6 Å². The number of methoxy groups -OCH3 is 3. The van der Waals surface area contributed by atoms with Crippen molar-refractivity contribution in [2.45, 2.75) is 12.3 Å². The molecule has 0 bridgehead atoms. The van der Waals surface area contributed by atoms with Crippen LogP contribution in [0.25, 0.3) is 11.4 Å². The van der Waals surface area contributed by atoms with E-state index in [2.05, 4.69) is 10.1 Å². The molecule has 3 aromatic rings. The second-order valence-corrected chi connectivity index (χ2v) is 7.19. The van der Waals surface area contributed by atoms with Crippen molar-refractivity contribution in [1.82, 2.24) is 10.1 Å². The molecule has 1 atom stereocenters. The zero-order chi connectivity index (χ0) is 21.3. The smallest absolute Gasteiger partial charge is 0.232 e. The number of nitrogens with zero attached hydrogens (tertiary/aromatic N) is 3. The molecule has 0 aliphatic carbocycles. The van der Waals surface area contributed by atoms with E-state index < -0.39 is 0 Å². The Balaban J connectivity index is 1.56. The van der Waals surface area contributed by atoms with Crippen LogP contribution in [0.3, 0.4) is 0 Å². The van der Waals surface area contributed by atoms with Gasteiger partial charge in [-0.15, -0.1) is 0 Å². The van der Waals surface area contributed by atoms with Gasteiger partial charge in [-0.2, -0.15) is 4.98 Å². The zero-order valence-corrected chi connectivity index (χ0v) is 17.5. The van der Waals surface area contributed by atoms with Gasteiger partial charge in [-0.05, 0) is 30.3 Å². The van der Waals surface area contributed by atoms with E-state index in [4.69, 9.17) is 30.3 Å². The molecule has 0 radical (unpaired) electrons. The molecule has 1 fully saturated rings. The summed E-state index contributed by atoms with van der Waals surface area (Å²) in [5.74, 6) is 2.35. The van der Waals surface area contributed by atoms with Crippen molar-refractivity contribution in [3.8, 4) is 28.6 Å². The number of carbonyl (C=O) groups is 1. The molecular formula is C21H20ClN3O5. The Labute approximate surface area is 178 Å². The normalized spacial score (nSPS) is 16.1. The maximum atomic E-state index is 12.6. The number of ether oxygens (including phenoxy) is 3. The summed E-state index contributed by atoms with van der Waals surface area (Å²) >= 11 is 6.21. The first kappa shape index (κ1) is 20.0. The van der Waals surface area contributed by atoms with Gasteiger partial charge in [0.1, 0.15) is 17.2 Å². The predicted molar refractivity (Wildman–Crippen MR) is 111 cm³/mol. The average Bonchev–Trinajstić information content (AvgIpc) is 3.40. The second kappa shape index (κ2) is 8.23. The third kappa shape index (κ3) is 3.78. The second-order valence-electron chi connectivity index (χ2n) is 6.78.